The minimum absolute atomic E-state index is 0.101. The number of aromatic nitrogens is 3. The van der Waals surface area contributed by atoms with Crippen molar-refractivity contribution < 1.29 is 4.79 Å². The van der Waals surface area contributed by atoms with Gasteiger partial charge in [0, 0.05) is 18.3 Å². The number of fused-ring (bicyclic) bond motifs is 1. The number of aromatic amines is 1. The minimum Gasteiger partial charge on any atom is -0.349 e. The van der Waals surface area contributed by atoms with Crippen molar-refractivity contribution in [2.45, 2.75) is 44.7 Å². The quantitative estimate of drug-likeness (QED) is 0.878. The maximum Gasteiger partial charge on any atom is 0.330 e. The van der Waals surface area contributed by atoms with Crippen LogP contribution in [0.1, 0.15) is 49.0 Å². The Hall–Kier alpha value is -2.44. The number of hydrogen-bond donors (Lipinski definition) is 2. The van der Waals surface area contributed by atoms with E-state index in [1.165, 1.54) is 16.8 Å². The number of carbonyl (C=O) groups excluding carboxylic acids is 1. The number of hydrogen-bond acceptors (Lipinski definition) is 4. The molecule has 2 saturated carbocycles. The molecule has 7 nitrogen and oxygen atoms in total. The average molecular weight is 314 g/mol. The molecule has 120 valence electrons. The van der Waals surface area contributed by atoms with Crippen molar-refractivity contribution in [2.75, 3.05) is 0 Å². The molecule has 2 aliphatic carbocycles. The van der Waals surface area contributed by atoms with E-state index in [0.717, 1.165) is 25.7 Å². The highest BCUT2D eigenvalue weighted by molar-refractivity contribution is 5.96. The number of H-pyrrole nitrogens is 1. The molecule has 2 fully saturated rings. The zero-order valence-corrected chi connectivity index (χ0v) is 12.8. The number of nitrogens with zero attached hydrogens (tertiary/aromatic N) is 2. The third-order valence-corrected chi connectivity index (χ3v) is 4.64. The fourth-order valence-electron chi connectivity index (χ4n) is 2.94. The van der Waals surface area contributed by atoms with E-state index in [2.05, 4.69) is 15.3 Å². The molecule has 0 radical (unpaired) electrons. The summed E-state index contributed by atoms with van der Waals surface area (Å²) in [7, 11) is 0. The smallest absolute Gasteiger partial charge is 0.330 e. The van der Waals surface area contributed by atoms with Gasteiger partial charge in [-0.2, -0.15) is 0 Å². The van der Waals surface area contributed by atoms with Gasteiger partial charge in [0.1, 0.15) is 5.65 Å². The molecular formula is C16H18N4O3. The van der Waals surface area contributed by atoms with Crippen molar-refractivity contribution in [3.8, 4) is 0 Å². The first-order valence-electron chi connectivity index (χ1n) is 8.00. The van der Waals surface area contributed by atoms with E-state index in [4.69, 9.17) is 0 Å². The highest BCUT2D eigenvalue weighted by atomic mass is 16.2. The molecule has 2 aliphatic rings. The van der Waals surface area contributed by atoms with Crippen LogP contribution < -0.4 is 16.6 Å². The largest absolute Gasteiger partial charge is 0.349 e. The SMILES string of the molecule is CC(NC(=O)c1cnc2c(c1)c(=O)[nH]c(=O)n2C1CC1)C1CC1. The van der Waals surface area contributed by atoms with E-state index in [1.54, 1.807) is 0 Å². The van der Waals surface area contributed by atoms with Gasteiger partial charge in [-0.1, -0.05) is 0 Å². The van der Waals surface area contributed by atoms with Gasteiger partial charge in [0.2, 0.25) is 0 Å². The Labute approximate surface area is 131 Å². The number of rotatable bonds is 4. The molecule has 1 amide bonds. The molecule has 1 unspecified atom stereocenters. The van der Waals surface area contributed by atoms with Crippen LogP contribution in [-0.4, -0.2) is 26.5 Å². The van der Waals surface area contributed by atoms with Gasteiger partial charge >= 0.3 is 5.69 Å². The van der Waals surface area contributed by atoms with Gasteiger partial charge in [0.15, 0.2) is 0 Å². The fourth-order valence-corrected chi connectivity index (χ4v) is 2.94. The van der Waals surface area contributed by atoms with Crippen LogP contribution in [0, 0.1) is 5.92 Å². The Balaban J connectivity index is 1.74. The van der Waals surface area contributed by atoms with Crippen LogP contribution in [0.25, 0.3) is 11.0 Å². The summed E-state index contributed by atoms with van der Waals surface area (Å²) in [6, 6.07) is 1.75. The van der Waals surface area contributed by atoms with E-state index in [0.29, 0.717) is 17.1 Å². The molecule has 0 aliphatic heterocycles. The van der Waals surface area contributed by atoms with Gasteiger partial charge in [-0.15, -0.1) is 0 Å². The molecule has 0 spiro atoms. The Morgan fingerprint density at radius 2 is 2.09 bits per heavy atom. The first kappa shape index (κ1) is 14.2. The van der Waals surface area contributed by atoms with Crippen LogP contribution in [0.3, 0.4) is 0 Å². The summed E-state index contributed by atoms with van der Waals surface area (Å²) in [6.45, 7) is 1.99. The van der Waals surface area contributed by atoms with Gasteiger partial charge in [0.05, 0.1) is 10.9 Å². The summed E-state index contributed by atoms with van der Waals surface area (Å²) in [5.41, 5.74) is -0.235. The molecular weight excluding hydrogens is 296 g/mol. The van der Waals surface area contributed by atoms with Gasteiger partial charge < -0.3 is 5.32 Å². The van der Waals surface area contributed by atoms with Crippen LogP contribution in [0.5, 0.6) is 0 Å². The summed E-state index contributed by atoms with van der Waals surface area (Å²) in [4.78, 5) is 42.9. The Morgan fingerprint density at radius 3 is 2.74 bits per heavy atom. The summed E-state index contributed by atoms with van der Waals surface area (Å²) >= 11 is 0. The summed E-state index contributed by atoms with van der Waals surface area (Å²) < 4.78 is 1.52. The van der Waals surface area contributed by atoms with E-state index in [-0.39, 0.29) is 23.4 Å². The first-order valence-corrected chi connectivity index (χ1v) is 8.00. The minimum atomic E-state index is -0.501. The molecule has 2 heterocycles. The van der Waals surface area contributed by atoms with E-state index >= 15 is 0 Å². The van der Waals surface area contributed by atoms with Crippen molar-refractivity contribution in [2.24, 2.45) is 5.92 Å². The standard InChI is InChI=1S/C16H18N4O3/c1-8(9-2-3-9)18-14(21)10-6-12-13(17-7-10)20(11-4-5-11)16(23)19-15(12)22/h6-9,11H,2-5H2,1H3,(H,18,21)(H,19,22,23). The Bertz CT molecular complexity index is 906. The van der Waals surface area contributed by atoms with Gasteiger partial charge in [-0.3, -0.25) is 19.1 Å². The predicted molar refractivity (Wildman–Crippen MR) is 84.5 cm³/mol. The number of amides is 1. The molecule has 4 rings (SSSR count). The zero-order valence-electron chi connectivity index (χ0n) is 12.8. The lowest BCUT2D eigenvalue weighted by Crippen LogP contribution is -2.34. The zero-order chi connectivity index (χ0) is 16.1. The van der Waals surface area contributed by atoms with E-state index < -0.39 is 11.2 Å². The van der Waals surface area contributed by atoms with Crippen molar-refractivity contribution in [1.29, 1.82) is 0 Å². The number of carbonyl (C=O) groups is 1. The molecule has 0 saturated heterocycles. The normalized spacial score (nSPS) is 18.8. The third-order valence-electron chi connectivity index (χ3n) is 4.64. The molecule has 2 aromatic heterocycles. The first-order chi connectivity index (χ1) is 11.0. The Kier molecular flexibility index (Phi) is 3.11. The second-order valence-electron chi connectivity index (χ2n) is 6.56. The van der Waals surface area contributed by atoms with Gasteiger partial charge in [-0.05, 0) is 44.6 Å². The van der Waals surface area contributed by atoms with Crippen LogP contribution in [-0.2, 0) is 0 Å². The van der Waals surface area contributed by atoms with Crippen molar-refractivity contribution in [3.63, 3.8) is 0 Å². The van der Waals surface area contributed by atoms with Crippen LogP contribution >= 0.6 is 0 Å². The molecule has 23 heavy (non-hydrogen) atoms. The topological polar surface area (TPSA) is 96.8 Å². The Morgan fingerprint density at radius 1 is 1.35 bits per heavy atom. The predicted octanol–water partition coefficient (Wildman–Crippen LogP) is 0.948. The lowest BCUT2D eigenvalue weighted by molar-refractivity contribution is 0.0935. The number of pyridine rings is 1. The lowest BCUT2D eigenvalue weighted by Gasteiger charge is -2.13. The number of nitrogens with one attached hydrogen (secondary N) is 2. The summed E-state index contributed by atoms with van der Waals surface area (Å²) in [6.07, 6.45) is 5.54. The van der Waals surface area contributed by atoms with Crippen molar-refractivity contribution in [1.82, 2.24) is 19.9 Å². The lowest BCUT2D eigenvalue weighted by atomic mass is 10.1. The van der Waals surface area contributed by atoms with E-state index in [1.807, 2.05) is 6.92 Å². The second-order valence-corrected chi connectivity index (χ2v) is 6.56. The van der Waals surface area contributed by atoms with Gasteiger partial charge in [0.25, 0.3) is 11.5 Å². The average Bonchev–Trinajstić information content (AvgIpc) is 3.37. The molecule has 2 aromatic rings. The molecule has 0 bridgehead atoms. The van der Waals surface area contributed by atoms with E-state index in [9.17, 15) is 14.4 Å². The van der Waals surface area contributed by atoms with Crippen LogP contribution in [0.2, 0.25) is 0 Å². The molecule has 1 atom stereocenters. The summed E-state index contributed by atoms with van der Waals surface area (Å²) in [5.74, 6) is 0.318. The highest BCUT2D eigenvalue weighted by Crippen LogP contribution is 2.35. The van der Waals surface area contributed by atoms with Crippen LogP contribution in [0.15, 0.2) is 21.9 Å². The molecule has 2 N–H and O–H groups in total. The second kappa shape index (κ2) is 5.04. The van der Waals surface area contributed by atoms with Gasteiger partial charge in [-0.25, -0.2) is 9.78 Å². The van der Waals surface area contributed by atoms with Crippen molar-refractivity contribution in [3.05, 3.63) is 38.7 Å². The third kappa shape index (κ3) is 2.56. The summed E-state index contributed by atoms with van der Waals surface area (Å²) in [5, 5.41) is 3.22. The molecule has 7 heteroatoms. The fraction of sp³-hybridized carbons (Fsp3) is 0.500. The maximum atomic E-state index is 12.3. The van der Waals surface area contributed by atoms with Crippen LogP contribution in [0.4, 0.5) is 0 Å². The monoisotopic (exact) mass is 314 g/mol. The molecule has 0 aromatic carbocycles. The van der Waals surface area contributed by atoms with Crippen molar-refractivity contribution >= 4 is 16.9 Å². The highest BCUT2D eigenvalue weighted by Gasteiger charge is 2.30. The maximum absolute atomic E-state index is 12.3.